The minimum Gasteiger partial charge on any atom is -0.378 e. The topological polar surface area (TPSA) is 38.3 Å². The van der Waals surface area contributed by atoms with E-state index in [1.165, 1.54) is 19.3 Å². The fourth-order valence-electron chi connectivity index (χ4n) is 3.12. The fourth-order valence-corrected chi connectivity index (χ4v) is 4.32. The molecule has 0 aromatic rings. The van der Waals surface area contributed by atoms with Crippen molar-refractivity contribution in [2.75, 3.05) is 12.4 Å². The predicted octanol–water partition coefficient (Wildman–Crippen LogP) is 3.13. The van der Waals surface area contributed by atoms with Crippen LogP contribution >= 0.6 is 11.8 Å². The maximum atomic E-state index is 12.0. The van der Waals surface area contributed by atoms with E-state index < -0.39 is 0 Å². The van der Waals surface area contributed by atoms with Crippen LogP contribution in [0.2, 0.25) is 0 Å². The second-order valence-electron chi connectivity index (χ2n) is 5.63. The lowest BCUT2D eigenvalue weighted by Crippen LogP contribution is -2.44. The second kappa shape index (κ2) is 8.15. The molecule has 2 aliphatic rings. The Kier molecular flexibility index (Phi) is 6.51. The molecule has 110 valence electrons. The molecule has 1 aliphatic heterocycles. The van der Waals surface area contributed by atoms with E-state index in [0.717, 1.165) is 38.0 Å². The van der Waals surface area contributed by atoms with Gasteiger partial charge < -0.3 is 10.1 Å². The van der Waals surface area contributed by atoms with Gasteiger partial charge in [-0.2, -0.15) is 11.8 Å². The SMILES string of the molecule is CCS[C@@H]1CCCC[C@@H]1NC(=O)CC[C@@H]1CCCO1. The number of ether oxygens (including phenoxy) is 1. The Labute approximate surface area is 121 Å². The van der Waals surface area contributed by atoms with Crippen molar-refractivity contribution >= 4 is 17.7 Å². The van der Waals surface area contributed by atoms with Gasteiger partial charge in [-0.05, 0) is 37.9 Å². The highest BCUT2D eigenvalue weighted by Gasteiger charge is 2.26. The van der Waals surface area contributed by atoms with E-state index in [0.29, 0.717) is 23.8 Å². The van der Waals surface area contributed by atoms with Crippen LogP contribution < -0.4 is 5.32 Å². The number of carbonyl (C=O) groups excluding carboxylic acids is 1. The first kappa shape index (κ1) is 15.2. The van der Waals surface area contributed by atoms with Crippen LogP contribution in [0, 0.1) is 0 Å². The third-order valence-corrected chi connectivity index (χ3v) is 5.47. The molecule has 0 aromatic heterocycles. The van der Waals surface area contributed by atoms with Crippen molar-refractivity contribution in [1.29, 1.82) is 0 Å². The third-order valence-electron chi connectivity index (χ3n) is 4.15. The average Bonchev–Trinajstić information content (AvgIpc) is 2.92. The monoisotopic (exact) mass is 285 g/mol. The van der Waals surface area contributed by atoms with Gasteiger partial charge in [0.25, 0.3) is 0 Å². The number of hydrogen-bond donors (Lipinski definition) is 1. The van der Waals surface area contributed by atoms with E-state index in [-0.39, 0.29) is 5.91 Å². The van der Waals surface area contributed by atoms with Crippen molar-refractivity contribution in [3.05, 3.63) is 0 Å². The van der Waals surface area contributed by atoms with Crippen LogP contribution in [-0.4, -0.2) is 35.7 Å². The van der Waals surface area contributed by atoms with E-state index in [1.54, 1.807) is 0 Å². The van der Waals surface area contributed by atoms with Crippen molar-refractivity contribution < 1.29 is 9.53 Å². The van der Waals surface area contributed by atoms with Gasteiger partial charge in [-0.15, -0.1) is 0 Å². The molecule has 4 heteroatoms. The lowest BCUT2D eigenvalue weighted by molar-refractivity contribution is -0.122. The van der Waals surface area contributed by atoms with Crippen LogP contribution in [0.4, 0.5) is 0 Å². The van der Waals surface area contributed by atoms with Gasteiger partial charge in [0.05, 0.1) is 6.10 Å². The zero-order chi connectivity index (χ0) is 13.5. The Balaban J connectivity index is 1.69. The van der Waals surface area contributed by atoms with E-state index >= 15 is 0 Å². The smallest absolute Gasteiger partial charge is 0.220 e. The van der Waals surface area contributed by atoms with Gasteiger partial charge in [-0.3, -0.25) is 4.79 Å². The van der Waals surface area contributed by atoms with Gasteiger partial charge >= 0.3 is 0 Å². The van der Waals surface area contributed by atoms with Crippen molar-refractivity contribution in [2.45, 2.75) is 75.7 Å². The molecule has 0 radical (unpaired) electrons. The first-order valence-electron chi connectivity index (χ1n) is 7.82. The Morgan fingerprint density at radius 1 is 1.26 bits per heavy atom. The molecule has 2 fully saturated rings. The molecule has 0 aromatic carbocycles. The molecule has 0 unspecified atom stereocenters. The molecule has 19 heavy (non-hydrogen) atoms. The normalized spacial score (nSPS) is 31.3. The molecule has 2 rings (SSSR count). The zero-order valence-electron chi connectivity index (χ0n) is 12.0. The van der Waals surface area contributed by atoms with E-state index in [9.17, 15) is 4.79 Å². The van der Waals surface area contributed by atoms with E-state index in [1.807, 2.05) is 11.8 Å². The quantitative estimate of drug-likeness (QED) is 0.815. The standard InChI is InChI=1S/C15H27NO2S/c1-2-19-14-8-4-3-7-13(14)16-15(17)10-9-12-6-5-11-18-12/h12-14H,2-11H2,1H3,(H,16,17)/t12-,13-,14+/m0/s1. The highest BCUT2D eigenvalue weighted by molar-refractivity contribution is 7.99. The number of thioether (sulfide) groups is 1. The molecule has 0 spiro atoms. The van der Waals surface area contributed by atoms with Gasteiger partial charge in [-0.25, -0.2) is 0 Å². The van der Waals surface area contributed by atoms with E-state index in [4.69, 9.17) is 4.74 Å². The molecule has 1 amide bonds. The summed E-state index contributed by atoms with van der Waals surface area (Å²) < 4.78 is 5.57. The van der Waals surface area contributed by atoms with Crippen LogP contribution in [0.3, 0.4) is 0 Å². The molecule has 0 bridgehead atoms. The Bertz CT molecular complexity index is 277. The Hall–Kier alpha value is -0.220. The van der Waals surface area contributed by atoms with Crippen LogP contribution in [0.1, 0.15) is 58.3 Å². The first-order chi connectivity index (χ1) is 9.29. The van der Waals surface area contributed by atoms with Crippen molar-refractivity contribution in [3.63, 3.8) is 0 Å². The molecule has 3 atom stereocenters. The third kappa shape index (κ3) is 4.99. The van der Waals surface area contributed by atoms with Gasteiger partial charge in [0.2, 0.25) is 5.91 Å². The summed E-state index contributed by atoms with van der Waals surface area (Å²) in [6.45, 7) is 3.08. The molecular weight excluding hydrogens is 258 g/mol. The van der Waals surface area contributed by atoms with E-state index in [2.05, 4.69) is 12.2 Å². The molecule has 1 aliphatic carbocycles. The summed E-state index contributed by atoms with van der Waals surface area (Å²) in [6.07, 6.45) is 9.14. The van der Waals surface area contributed by atoms with Gasteiger partial charge in [0.1, 0.15) is 0 Å². The molecule has 1 saturated carbocycles. The molecular formula is C15H27NO2S. The van der Waals surface area contributed by atoms with Gasteiger partial charge in [0, 0.05) is 24.3 Å². The highest BCUT2D eigenvalue weighted by atomic mass is 32.2. The van der Waals surface area contributed by atoms with Crippen LogP contribution in [-0.2, 0) is 9.53 Å². The summed E-state index contributed by atoms with van der Waals surface area (Å²) in [5.41, 5.74) is 0. The van der Waals surface area contributed by atoms with Crippen LogP contribution in [0.15, 0.2) is 0 Å². The van der Waals surface area contributed by atoms with Crippen LogP contribution in [0.25, 0.3) is 0 Å². The second-order valence-corrected chi connectivity index (χ2v) is 7.14. The molecule has 1 N–H and O–H groups in total. The largest absolute Gasteiger partial charge is 0.378 e. The molecule has 3 nitrogen and oxygen atoms in total. The fraction of sp³-hybridized carbons (Fsp3) is 0.933. The minimum absolute atomic E-state index is 0.226. The number of amides is 1. The number of nitrogens with one attached hydrogen (secondary N) is 1. The Morgan fingerprint density at radius 3 is 2.84 bits per heavy atom. The van der Waals surface area contributed by atoms with Crippen molar-refractivity contribution in [3.8, 4) is 0 Å². The number of carbonyl (C=O) groups is 1. The average molecular weight is 285 g/mol. The Morgan fingerprint density at radius 2 is 2.11 bits per heavy atom. The number of hydrogen-bond acceptors (Lipinski definition) is 3. The summed E-state index contributed by atoms with van der Waals surface area (Å²) in [7, 11) is 0. The maximum absolute atomic E-state index is 12.0. The summed E-state index contributed by atoms with van der Waals surface area (Å²) in [4.78, 5) is 12.0. The van der Waals surface area contributed by atoms with Gasteiger partial charge in [-0.1, -0.05) is 19.8 Å². The summed E-state index contributed by atoms with van der Waals surface area (Å²) in [6, 6.07) is 0.399. The summed E-state index contributed by atoms with van der Waals surface area (Å²) in [5, 5.41) is 3.89. The number of rotatable bonds is 6. The molecule has 1 heterocycles. The predicted molar refractivity (Wildman–Crippen MR) is 80.5 cm³/mol. The highest BCUT2D eigenvalue weighted by Crippen LogP contribution is 2.28. The minimum atomic E-state index is 0.226. The van der Waals surface area contributed by atoms with Crippen molar-refractivity contribution in [1.82, 2.24) is 5.32 Å². The maximum Gasteiger partial charge on any atom is 0.220 e. The van der Waals surface area contributed by atoms with Crippen LogP contribution in [0.5, 0.6) is 0 Å². The molecule has 1 saturated heterocycles. The summed E-state index contributed by atoms with van der Waals surface area (Å²) >= 11 is 2.01. The first-order valence-corrected chi connectivity index (χ1v) is 8.87. The van der Waals surface area contributed by atoms with Gasteiger partial charge in [0.15, 0.2) is 0 Å². The van der Waals surface area contributed by atoms with Crippen molar-refractivity contribution in [2.24, 2.45) is 0 Å². The zero-order valence-corrected chi connectivity index (χ0v) is 12.8. The lowest BCUT2D eigenvalue weighted by Gasteiger charge is -2.31. The summed E-state index contributed by atoms with van der Waals surface area (Å²) in [5.74, 6) is 1.37. The lowest BCUT2D eigenvalue weighted by atomic mass is 9.94.